The Morgan fingerprint density at radius 3 is 2.69 bits per heavy atom. The van der Waals surface area contributed by atoms with E-state index < -0.39 is 6.10 Å². The standard InChI is InChI=1S/C19H19N3O3S/c1-2-22-18(25)14-9-8-13(10-15(14)21-19(22)26)17(24)20-11-16(23)12-6-4-3-5-7-12/h3-10,16,23H,2,11H2,1H3,(H,20,24)(H,21,26). The van der Waals surface area contributed by atoms with Crippen LogP contribution in [0.15, 0.2) is 53.3 Å². The Morgan fingerprint density at radius 2 is 2.00 bits per heavy atom. The van der Waals surface area contributed by atoms with Crippen LogP contribution in [0.5, 0.6) is 0 Å². The molecular weight excluding hydrogens is 350 g/mol. The molecule has 134 valence electrons. The summed E-state index contributed by atoms with van der Waals surface area (Å²) in [4.78, 5) is 27.7. The predicted molar refractivity (Wildman–Crippen MR) is 103 cm³/mol. The molecule has 3 N–H and O–H groups in total. The number of amides is 1. The van der Waals surface area contributed by atoms with Crippen LogP contribution in [0.3, 0.4) is 0 Å². The molecule has 0 aliphatic heterocycles. The van der Waals surface area contributed by atoms with Gasteiger partial charge in [-0.25, -0.2) is 0 Å². The van der Waals surface area contributed by atoms with Crippen LogP contribution in [-0.2, 0) is 6.54 Å². The Morgan fingerprint density at radius 1 is 1.27 bits per heavy atom. The number of carbonyl (C=O) groups is 1. The average Bonchev–Trinajstić information content (AvgIpc) is 2.66. The molecule has 0 spiro atoms. The van der Waals surface area contributed by atoms with Crippen molar-refractivity contribution in [3.05, 3.63) is 74.8 Å². The highest BCUT2D eigenvalue weighted by molar-refractivity contribution is 7.71. The van der Waals surface area contributed by atoms with E-state index >= 15 is 0 Å². The van der Waals surface area contributed by atoms with Gasteiger partial charge in [-0.05, 0) is 42.9 Å². The number of carbonyl (C=O) groups excluding carboxylic acids is 1. The largest absolute Gasteiger partial charge is 0.387 e. The Labute approximate surface area is 155 Å². The van der Waals surface area contributed by atoms with Crippen molar-refractivity contribution < 1.29 is 9.90 Å². The molecule has 0 aliphatic rings. The van der Waals surface area contributed by atoms with Crippen molar-refractivity contribution in [3.63, 3.8) is 0 Å². The minimum absolute atomic E-state index is 0.0916. The SMILES string of the molecule is CCn1c(=S)[nH]c2cc(C(=O)NCC(O)c3ccccc3)ccc2c1=O. The van der Waals surface area contributed by atoms with E-state index in [1.807, 2.05) is 25.1 Å². The van der Waals surface area contributed by atoms with E-state index in [0.717, 1.165) is 5.56 Å². The number of benzene rings is 2. The zero-order valence-corrected chi connectivity index (χ0v) is 15.0. The number of aromatic nitrogens is 2. The molecule has 1 unspecified atom stereocenters. The average molecular weight is 369 g/mol. The number of nitrogens with one attached hydrogen (secondary N) is 2. The van der Waals surface area contributed by atoms with Crippen LogP contribution in [0.2, 0.25) is 0 Å². The molecule has 1 heterocycles. The summed E-state index contributed by atoms with van der Waals surface area (Å²) in [5.74, 6) is -0.333. The second-order valence-electron chi connectivity index (χ2n) is 5.88. The van der Waals surface area contributed by atoms with E-state index in [4.69, 9.17) is 12.2 Å². The molecule has 0 aliphatic carbocycles. The lowest BCUT2D eigenvalue weighted by molar-refractivity contribution is 0.0916. The van der Waals surface area contributed by atoms with Crippen LogP contribution in [0, 0.1) is 4.77 Å². The maximum absolute atomic E-state index is 12.4. The number of aliphatic hydroxyl groups excluding tert-OH is 1. The van der Waals surface area contributed by atoms with Crippen molar-refractivity contribution in [2.45, 2.75) is 19.6 Å². The van der Waals surface area contributed by atoms with Gasteiger partial charge in [-0.1, -0.05) is 30.3 Å². The van der Waals surface area contributed by atoms with Crippen molar-refractivity contribution in [1.29, 1.82) is 0 Å². The highest BCUT2D eigenvalue weighted by atomic mass is 32.1. The number of rotatable bonds is 5. The monoisotopic (exact) mass is 369 g/mol. The van der Waals surface area contributed by atoms with Gasteiger partial charge in [-0.2, -0.15) is 0 Å². The van der Waals surface area contributed by atoms with E-state index in [2.05, 4.69) is 10.3 Å². The first-order valence-corrected chi connectivity index (χ1v) is 8.70. The zero-order chi connectivity index (χ0) is 18.7. The van der Waals surface area contributed by atoms with Crippen molar-refractivity contribution in [2.24, 2.45) is 0 Å². The summed E-state index contributed by atoms with van der Waals surface area (Å²) in [5.41, 5.74) is 1.45. The van der Waals surface area contributed by atoms with Crippen LogP contribution in [0.25, 0.3) is 10.9 Å². The van der Waals surface area contributed by atoms with Crippen LogP contribution in [-0.4, -0.2) is 27.1 Å². The summed E-state index contributed by atoms with van der Waals surface area (Å²) < 4.78 is 1.79. The van der Waals surface area contributed by atoms with Gasteiger partial charge < -0.3 is 15.4 Å². The molecule has 1 aromatic heterocycles. The summed E-state index contributed by atoms with van der Waals surface area (Å²) >= 11 is 5.19. The summed E-state index contributed by atoms with van der Waals surface area (Å²) in [6.07, 6.45) is -0.789. The lowest BCUT2D eigenvalue weighted by Crippen LogP contribution is -2.28. The predicted octanol–water partition coefficient (Wildman–Crippen LogP) is 2.54. The first kappa shape index (κ1) is 18.0. The summed E-state index contributed by atoms with van der Waals surface area (Å²) in [6.45, 7) is 2.41. The third kappa shape index (κ3) is 3.58. The summed E-state index contributed by atoms with van der Waals surface area (Å²) in [5, 5.41) is 13.3. The van der Waals surface area contributed by atoms with Crippen molar-refractivity contribution in [2.75, 3.05) is 6.54 Å². The van der Waals surface area contributed by atoms with Crippen molar-refractivity contribution in [3.8, 4) is 0 Å². The number of hydrogen-bond acceptors (Lipinski definition) is 4. The molecule has 0 radical (unpaired) electrons. The lowest BCUT2D eigenvalue weighted by atomic mass is 10.1. The minimum Gasteiger partial charge on any atom is -0.387 e. The molecule has 0 saturated heterocycles. The van der Waals surface area contributed by atoms with E-state index in [-0.39, 0.29) is 18.0 Å². The molecule has 3 aromatic rings. The zero-order valence-electron chi connectivity index (χ0n) is 14.2. The fourth-order valence-corrected chi connectivity index (χ4v) is 3.09. The van der Waals surface area contributed by atoms with E-state index in [9.17, 15) is 14.7 Å². The Bertz CT molecular complexity index is 1060. The first-order chi connectivity index (χ1) is 12.5. The normalized spacial score (nSPS) is 12.1. The molecule has 6 nitrogen and oxygen atoms in total. The number of fused-ring (bicyclic) bond motifs is 1. The Hall–Kier alpha value is -2.77. The van der Waals surface area contributed by atoms with Gasteiger partial charge in [-0.3, -0.25) is 14.2 Å². The molecule has 1 atom stereocenters. The minimum atomic E-state index is -0.789. The van der Waals surface area contributed by atoms with E-state index in [1.54, 1.807) is 30.3 Å². The number of aliphatic hydroxyl groups is 1. The molecule has 0 fully saturated rings. The molecule has 7 heteroatoms. The van der Waals surface area contributed by atoms with Gasteiger partial charge in [0.15, 0.2) is 4.77 Å². The third-order valence-corrected chi connectivity index (χ3v) is 4.52. The number of nitrogens with zero attached hydrogens (tertiary/aromatic N) is 1. The smallest absolute Gasteiger partial charge is 0.262 e. The van der Waals surface area contributed by atoms with E-state index in [0.29, 0.717) is 27.8 Å². The molecule has 0 saturated carbocycles. The number of aromatic amines is 1. The molecule has 2 aromatic carbocycles. The first-order valence-electron chi connectivity index (χ1n) is 8.29. The Balaban J connectivity index is 1.81. The fourth-order valence-electron chi connectivity index (χ4n) is 2.77. The maximum atomic E-state index is 12.4. The quantitative estimate of drug-likeness (QED) is 0.603. The third-order valence-electron chi connectivity index (χ3n) is 4.20. The van der Waals surface area contributed by atoms with Gasteiger partial charge >= 0.3 is 0 Å². The number of hydrogen-bond donors (Lipinski definition) is 3. The second kappa shape index (κ2) is 7.63. The molecule has 1 amide bonds. The van der Waals surface area contributed by atoms with Crippen LogP contribution in [0.4, 0.5) is 0 Å². The number of H-pyrrole nitrogens is 1. The van der Waals surface area contributed by atoms with Crippen LogP contribution < -0.4 is 10.9 Å². The van der Waals surface area contributed by atoms with Gasteiger partial charge in [0, 0.05) is 18.7 Å². The lowest BCUT2D eigenvalue weighted by Gasteiger charge is -2.12. The van der Waals surface area contributed by atoms with Gasteiger partial charge in [0.05, 0.1) is 17.0 Å². The molecule has 3 rings (SSSR count). The highest BCUT2D eigenvalue weighted by Gasteiger charge is 2.12. The second-order valence-corrected chi connectivity index (χ2v) is 6.26. The van der Waals surface area contributed by atoms with Crippen molar-refractivity contribution in [1.82, 2.24) is 14.9 Å². The summed E-state index contributed by atoms with van der Waals surface area (Å²) in [6, 6.07) is 13.9. The maximum Gasteiger partial charge on any atom is 0.262 e. The van der Waals surface area contributed by atoms with Crippen LogP contribution in [0.1, 0.15) is 28.9 Å². The molecular formula is C19H19N3O3S. The fraction of sp³-hybridized carbons (Fsp3) is 0.211. The molecule has 0 bridgehead atoms. The Kier molecular flexibility index (Phi) is 5.29. The van der Waals surface area contributed by atoms with Gasteiger partial charge in [-0.15, -0.1) is 0 Å². The van der Waals surface area contributed by atoms with Gasteiger partial charge in [0.2, 0.25) is 0 Å². The van der Waals surface area contributed by atoms with E-state index in [1.165, 1.54) is 4.57 Å². The van der Waals surface area contributed by atoms with Crippen molar-refractivity contribution >= 4 is 29.0 Å². The summed E-state index contributed by atoms with van der Waals surface area (Å²) in [7, 11) is 0. The topological polar surface area (TPSA) is 87.1 Å². The molecule has 26 heavy (non-hydrogen) atoms. The highest BCUT2D eigenvalue weighted by Crippen LogP contribution is 2.13. The van der Waals surface area contributed by atoms with Gasteiger partial charge in [0.25, 0.3) is 11.5 Å². The van der Waals surface area contributed by atoms with Crippen LogP contribution >= 0.6 is 12.2 Å². The van der Waals surface area contributed by atoms with Gasteiger partial charge in [0.1, 0.15) is 0 Å².